The summed E-state index contributed by atoms with van der Waals surface area (Å²) in [6.45, 7) is 0.503. The number of H-pyrrole nitrogens is 1. The van der Waals surface area contributed by atoms with E-state index in [1.807, 2.05) is 0 Å². The number of fused-ring (bicyclic) bond motifs is 1. The van der Waals surface area contributed by atoms with E-state index < -0.39 is 23.6 Å². The van der Waals surface area contributed by atoms with Crippen LogP contribution in [0.25, 0.3) is 11.4 Å². The van der Waals surface area contributed by atoms with Gasteiger partial charge in [-0.25, -0.2) is 13.8 Å². The molecule has 1 aromatic heterocycles. The molecule has 1 aromatic carbocycles. The van der Waals surface area contributed by atoms with Gasteiger partial charge in [0, 0.05) is 30.3 Å². The number of benzene rings is 1. The predicted molar refractivity (Wildman–Crippen MR) is 66.0 cm³/mol. The minimum absolute atomic E-state index is 0.251. The maximum Gasteiger partial charge on any atom is 0.327 e. The number of aromatic nitrogens is 2. The van der Waals surface area contributed by atoms with Crippen LogP contribution < -0.4 is 5.32 Å². The highest BCUT2D eigenvalue weighted by molar-refractivity contribution is 5.76. The third-order valence-electron chi connectivity index (χ3n) is 3.19. The number of nitrogens with one attached hydrogen (secondary N) is 2. The third-order valence-corrected chi connectivity index (χ3v) is 3.19. The quantitative estimate of drug-likeness (QED) is 0.780. The van der Waals surface area contributed by atoms with Crippen molar-refractivity contribution in [1.29, 1.82) is 0 Å². The number of aromatic amines is 1. The molecule has 1 atom stereocenters. The Morgan fingerprint density at radius 1 is 1.30 bits per heavy atom. The molecule has 0 amide bonds. The average molecular weight is 279 g/mol. The molecule has 5 nitrogen and oxygen atoms in total. The first-order valence-corrected chi connectivity index (χ1v) is 6.06. The Kier molecular flexibility index (Phi) is 2.98. The van der Waals surface area contributed by atoms with Crippen molar-refractivity contribution in [3.05, 3.63) is 41.2 Å². The Morgan fingerprint density at radius 2 is 2.00 bits per heavy atom. The van der Waals surface area contributed by atoms with Gasteiger partial charge in [0.1, 0.15) is 17.5 Å². The molecule has 104 valence electrons. The summed E-state index contributed by atoms with van der Waals surface area (Å²) in [5.74, 6) is -2.18. The lowest BCUT2D eigenvalue weighted by Gasteiger charge is -2.18. The standard InChI is InChI=1S/C13H11F2N3O2/c14-7-3-6(4-8(15)5-7)12-17-9-1-2-16-11(13(19)20)10(9)18-12/h3-5,11,16H,1-2H2,(H,17,18)(H,19,20)/t11-/m1/s1. The van der Waals surface area contributed by atoms with Gasteiger partial charge in [0.05, 0.1) is 5.69 Å². The van der Waals surface area contributed by atoms with Gasteiger partial charge in [-0.1, -0.05) is 0 Å². The normalized spacial score (nSPS) is 17.8. The minimum Gasteiger partial charge on any atom is -0.480 e. The van der Waals surface area contributed by atoms with Gasteiger partial charge in [-0.15, -0.1) is 0 Å². The first-order chi connectivity index (χ1) is 9.54. The molecule has 20 heavy (non-hydrogen) atoms. The van der Waals surface area contributed by atoms with Crippen molar-refractivity contribution in [2.24, 2.45) is 0 Å². The fourth-order valence-electron chi connectivity index (χ4n) is 2.32. The Labute approximate surface area is 112 Å². The van der Waals surface area contributed by atoms with Crippen LogP contribution in [0.2, 0.25) is 0 Å². The number of halogens is 2. The van der Waals surface area contributed by atoms with Crippen LogP contribution in [0.15, 0.2) is 18.2 Å². The molecule has 0 bridgehead atoms. The van der Waals surface area contributed by atoms with Crippen molar-refractivity contribution in [2.75, 3.05) is 6.54 Å². The van der Waals surface area contributed by atoms with Crippen molar-refractivity contribution >= 4 is 5.97 Å². The maximum atomic E-state index is 13.2. The summed E-state index contributed by atoms with van der Waals surface area (Å²) in [5.41, 5.74) is 1.29. The van der Waals surface area contributed by atoms with Crippen LogP contribution in [-0.4, -0.2) is 27.6 Å². The van der Waals surface area contributed by atoms with Crippen LogP contribution in [0.1, 0.15) is 17.4 Å². The summed E-state index contributed by atoms with van der Waals surface area (Å²) in [4.78, 5) is 18.2. The third kappa shape index (κ3) is 2.16. The van der Waals surface area contributed by atoms with Gasteiger partial charge in [-0.2, -0.15) is 0 Å². The van der Waals surface area contributed by atoms with E-state index >= 15 is 0 Å². The molecule has 3 N–H and O–H groups in total. The average Bonchev–Trinajstić information content (AvgIpc) is 2.80. The molecule has 1 aliphatic rings. The summed E-state index contributed by atoms with van der Waals surface area (Å²) in [7, 11) is 0. The zero-order valence-corrected chi connectivity index (χ0v) is 10.3. The first kappa shape index (κ1) is 12.7. The summed E-state index contributed by atoms with van der Waals surface area (Å²) in [5, 5.41) is 11.9. The molecule has 0 saturated heterocycles. The van der Waals surface area contributed by atoms with Crippen molar-refractivity contribution in [3.63, 3.8) is 0 Å². The van der Waals surface area contributed by atoms with E-state index in [2.05, 4.69) is 15.3 Å². The summed E-state index contributed by atoms with van der Waals surface area (Å²) in [6.07, 6.45) is 0.587. The second-order valence-electron chi connectivity index (χ2n) is 4.58. The SMILES string of the molecule is O=C(O)[C@@H]1NCCc2[nH]c(-c3cc(F)cc(F)c3)nc21. The largest absolute Gasteiger partial charge is 0.480 e. The van der Waals surface area contributed by atoms with E-state index in [4.69, 9.17) is 5.11 Å². The summed E-state index contributed by atoms with van der Waals surface area (Å²) in [6, 6.07) is 2.17. The number of carboxylic acids is 1. The van der Waals surface area contributed by atoms with Gasteiger partial charge < -0.3 is 10.1 Å². The molecule has 7 heteroatoms. The van der Waals surface area contributed by atoms with Gasteiger partial charge in [0.15, 0.2) is 6.04 Å². The molecule has 2 heterocycles. The highest BCUT2D eigenvalue weighted by Gasteiger charge is 2.29. The molecule has 0 fully saturated rings. The number of hydrogen-bond acceptors (Lipinski definition) is 3. The zero-order chi connectivity index (χ0) is 14.3. The van der Waals surface area contributed by atoms with E-state index in [1.54, 1.807) is 0 Å². The number of imidazole rings is 1. The predicted octanol–water partition coefficient (Wildman–Crippen LogP) is 1.63. The van der Waals surface area contributed by atoms with Crippen LogP contribution in [-0.2, 0) is 11.2 Å². The van der Waals surface area contributed by atoms with Crippen LogP contribution in [0.4, 0.5) is 8.78 Å². The second-order valence-corrected chi connectivity index (χ2v) is 4.58. The van der Waals surface area contributed by atoms with E-state index in [1.165, 1.54) is 0 Å². The molecule has 0 spiro atoms. The second kappa shape index (κ2) is 4.68. The number of carboxylic acid groups (broad SMARTS) is 1. The van der Waals surface area contributed by atoms with Gasteiger partial charge in [-0.3, -0.25) is 10.1 Å². The van der Waals surface area contributed by atoms with Crippen molar-refractivity contribution in [1.82, 2.24) is 15.3 Å². The molecule has 0 saturated carbocycles. The summed E-state index contributed by atoms with van der Waals surface area (Å²) < 4.78 is 26.4. The highest BCUT2D eigenvalue weighted by atomic mass is 19.1. The zero-order valence-electron chi connectivity index (χ0n) is 10.3. The lowest BCUT2D eigenvalue weighted by molar-refractivity contribution is -0.139. The minimum atomic E-state index is -1.03. The maximum absolute atomic E-state index is 13.2. The molecule has 0 radical (unpaired) electrons. The molecule has 3 rings (SSSR count). The van der Waals surface area contributed by atoms with E-state index in [-0.39, 0.29) is 11.4 Å². The smallest absolute Gasteiger partial charge is 0.327 e. The lowest BCUT2D eigenvalue weighted by Crippen LogP contribution is -2.35. The van der Waals surface area contributed by atoms with Gasteiger partial charge in [0.2, 0.25) is 0 Å². The number of rotatable bonds is 2. The van der Waals surface area contributed by atoms with Crippen molar-refractivity contribution < 1.29 is 18.7 Å². The monoisotopic (exact) mass is 279 g/mol. The lowest BCUT2D eigenvalue weighted by atomic mass is 10.1. The van der Waals surface area contributed by atoms with Gasteiger partial charge in [0.25, 0.3) is 0 Å². The molecular formula is C13H11F2N3O2. The molecule has 0 unspecified atom stereocenters. The fraction of sp³-hybridized carbons (Fsp3) is 0.231. The van der Waals surface area contributed by atoms with Crippen LogP contribution in [0.5, 0.6) is 0 Å². The van der Waals surface area contributed by atoms with Crippen LogP contribution >= 0.6 is 0 Å². The van der Waals surface area contributed by atoms with E-state index in [9.17, 15) is 13.6 Å². The number of nitrogens with zero attached hydrogens (tertiary/aromatic N) is 1. The van der Waals surface area contributed by atoms with E-state index in [0.717, 1.165) is 18.2 Å². The Bertz CT molecular complexity index is 664. The first-order valence-electron chi connectivity index (χ1n) is 6.06. The van der Waals surface area contributed by atoms with Crippen LogP contribution in [0, 0.1) is 11.6 Å². The van der Waals surface area contributed by atoms with Crippen LogP contribution in [0.3, 0.4) is 0 Å². The molecule has 2 aromatic rings. The Hall–Kier alpha value is -2.28. The van der Waals surface area contributed by atoms with E-state index in [0.29, 0.717) is 24.4 Å². The Morgan fingerprint density at radius 3 is 2.65 bits per heavy atom. The van der Waals surface area contributed by atoms with Crippen molar-refractivity contribution in [3.8, 4) is 11.4 Å². The fourth-order valence-corrected chi connectivity index (χ4v) is 2.32. The summed E-state index contributed by atoms with van der Waals surface area (Å²) >= 11 is 0. The number of hydrogen-bond donors (Lipinski definition) is 3. The number of carbonyl (C=O) groups is 1. The van der Waals surface area contributed by atoms with Crippen molar-refractivity contribution in [2.45, 2.75) is 12.5 Å². The molecule has 0 aliphatic carbocycles. The number of aliphatic carboxylic acids is 1. The van der Waals surface area contributed by atoms with Gasteiger partial charge in [-0.05, 0) is 12.1 Å². The molecular weight excluding hydrogens is 268 g/mol. The van der Waals surface area contributed by atoms with Gasteiger partial charge >= 0.3 is 5.97 Å². The Balaban J connectivity index is 2.06. The molecule has 1 aliphatic heterocycles. The topological polar surface area (TPSA) is 78.0 Å². The highest BCUT2D eigenvalue weighted by Crippen LogP contribution is 2.26.